The maximum absolute atomic E-state index is 13.3. The van der Waals surface area contributed by atoms with Crippen molar-refractivity contribution in [1.29, 1.82) is 0 Å². The highest BCUT2D eigenvalue weighted by Crippen LogP contribution is 2.21. The van der Waals surface area contributed by atoms with E-state index in [0.717, 1.165) is 0 Å². The van der Waals surface area contributed by atoms with Gasteiger partial charge in [-0.25, -0.2) is 21.9 Å². The van der Waals surface area contributed by atoms with Crippen LogP contribution in [0.3, 0.4) is 0 Å². The van der Waals surface area contributed by atoms with E-state index >= 15 is 0 Å². The average Bonchev–Trinajstić information content (AvgIpc) is 2.12. The maximum atomic E-state index is 13.3. The minimum Gasteiger partial charge on any atom is -0.399 e. The molecule has 0 aliphatic rings. The van der Waals surface area contributed by atoms with Crippen LogP contribution in [0, 0.1) is 11.6 Å². The third-order valence-electron chi connectivity index (χ3n) is 1.74. The predicted molar refractivity (Wildman–Crippen MR) is 61.0 cm³/mol. The molecular weight excluding hydrogens is 274 g/mol. The summed E-state index contributed by atoms with van der Waals surface area (Å²) in [6.07, 6.45) is 0. The molecule has 1 rings (SSSR count). The van der Waals surface area contributed by atoms with Gasteiger partial charge in [-0.1, -0.05) is 18.2 Å². The number of halogens is 3. The molecule has 1 aromatic carbocycles. The van der Waals surface area contributed by atoms with Crippen LogP contribution in [-0.4, -0.2) is 15.0 Å². The maximum Gasteiger partial charge on any atom is 0.246 e. The van der Waals surface area contributed by atoms with Crippen molar-refractivity contribution < 1.29 is 17.2 Å². The third kappa shape index (κ3) is 3.39. The molecule has 8 heteroatoms. The Balaban J connectivity index is 3.20. The van der Waals surface area contributed by atoms with Crippen LogP contribution < -0.4 is 10.5 Å². The summed E-state index contributed by atoms with van der Waals surface area (Å²) < 4.78 is 51.7. The summed E-state index contributed by atoms with van der Waals surface area (Å²) in [6.45, 7) is 2.92. The van der Waals surface area contributed by atoms with E-state index in [-0.39, 0.29) is 17.3 Å². The Morgan fingerprint density at radius 3 is 2.29 bits per heavy atom. The standard InChI is InChI=1S/C9H9ClF2N2O2S/c1-5(10)4-14-17(15,16)9-7(11)2-6(13)3-8(9)12/h2-3,14H,1,4,13H2. The zero-order valence-corrected chi connectivity index (χ0v) is 10.1. The summed E-state index contributed by atoms with van der Waals surface area (Å²) in [7, 11) is -4.33. The minimum atomic E-state index is -4.33. The van der Waals surface area contributed by atoms with Gasteiger partial charge in [0.05, 0.1) is 0 Å². The third-order valence-corrected chi connectivity index (χ3v) is 3.33. The van der Waals surface area contributed by atoms with Crippen LogP contribution in [0.15, 0.2) is 28.6 Å². The van der Waals surface area contributed by atoms with E-state index < -0.39 is 26.6 Å². The van der Waals surface area contributed by atoms with Crippen LogP contribution in [0.2, 0.25) is 0 Å². The Hall–Kier alpha value is -1.18. The van der Waals surface area contributed by atoms with Gasteiger partial charge in [0.25, 0.3) is 0 Å². The number of benzene rings is 1. The summed E-state index contributed by atoms with van der Waals surface area (Å²) in [5.74, 6) is -2.54. The van der Waals surface area contributed by atoms with Crippen LogP contribution in [0.1, 0.15) is 0 Å². The molecule has 0 aromatic heterocycles. The van der Waals surface area contributed by atoms with E-state index in [0.29, 0.717) is 12.1 Å². The van der Waals surface area contributed by atoms with Gasteiger partial charge in [-0.2, -0.15) is 0 Å². The molecule has 0 unspecified atom stereocenters. The topological polar surface area (TPSA) is 72.2 Å². The van der Waals surface area contributed by atoms with Crippen molar-refractivity contribution in [2.45, 2.75) is 4.90 Å². The lowest BCUT2D eigenvalue weighted by atomic mass is 10.3. The molecule has 0 bridgehead atoms. The van der Waals surface area contributed by atoms with Crippen molar-refractivity contribution >= 4 is 27.3 Å². The summed E-state index contributed by atoms with van der Waals surface area (Å²) >= 11 is 5.35. The molecule has 0 fully saturated rings. The summed E-state index contributed by atoms with van der Waals surface area (Å²) in [5.41, 5.74) is 4.96. The van der Waals surface area contributed by atoms with Crippen molar-refractivity contribution in [1.82, 2.24) is 4.72 Å². The van der Waals surface area contributed by atoms with Crippen molar-refractivity contribution in [2.75, 3.05) is 12.3 Å². The first kappa shape index (κ1) is 13.9. The molecule has 0 aliphatic carbocycles. The van der Waals surface area contributed by atoms with E-state index in [1.807, 2.05) is 4.72 Å². The normalized spacial score (nSPS) is 11.5. The smallest absolute Gasteiger partial charge is 0.246 e. The van der Waals surface area contributed by atoms with Crippen LogP contribution in [0.4, 0.5) is 14.5 Å². The Labute approximate surface area is 102 Å². The number of sulfonamides is 1. The van der Waals surface area contributed by atoms with Crippen molar-refractivity contribution in [3.63, 3.8) is 0 Å². The molecule has 0 saturated heterocycles. The van der Waals surface area contributed by atoms with Gasteiger partial charge in [0.2, 0.25) is 10.0 Å². The Morgan fingerprint density at radius 2 is 1.88 bits per heavy atom. The zero-order valence-electron chi connectivity index (χ0n) is 8.50. The fraction of sp³-hybridized carbons (Fsp3) is 0.111. The van der Waals surface area contributed by atoms with Gasteiger partial charge in [-0.3, -0.25) is 0 Å². The van der Waals surface area contributed by atoms with E-state index in [2.05, 4.69) is 6.58 Å². The highest BCUT2D eigenvalue weighted by atomic mass is 35.5. The van der Waals surface area contributed by atoms with Crippen molar-refractivity contribution in [3.8, 4) is 0 Å². The molecule has 94 valence electrons. The second-order valence-electron chi connectivity index (χ2n) is 3.16. The van der Waals surface area contributed by atoms with Crippen LogP contribution in [0.25, 0.3) is 0 Å². The lowest BCUT2D eigenvalue weighted by Gasteiger charge is -2.08. The Bertz CT molecular complexity index is 537. The number of hydrogen-bond acceptors (Lipinski definition) is 3. The molecule has 17 heavy (non-hydrogen) atoms. The Morgan fingerprint density at radius 1 is 1.41 bits per heavy atom. The van der Waals surface area contributed by atoms with Crippen LogP contribution >= 0.6 is 11.6 Å². The highest BCUT2D eigenvalue weighted by molar-refractivity contribution is 7.89. The van der Waals surface area contributed by atoms with Crippen molar-refractivity contribution in [3.05, 3.63) is 35.4 Å². The van der Waals surface area contributed by atoms with Gasteiger partial charge < -0.3 is 5.73 Å². The van der Waals surface area contributed by atoms with E-state index in [1.165, 1.54) is 0 Å². The van der Waals surface area contributed by atoms with Crippen LogP contribution in [0.5, 0.6) is 0 Å². The SMILES string of the molecule is C=C(Cl)CNS(=O)(=O)c1c(F)cc(N)cc1F. The molecular formula is C9H9ClF2N2O2S. The zero-order chi connectivity index (χ0) is 13.2. The first-order valence-electron chi connectivity index (χ1n) is 4.31. The van der Waals surface area contributed by atoms with Gasteiger partial charge in [0, 0.05) is 17.3 Å². The molecule has 0 heterocycles. The lowest BCUT2D eigenvalue weighted by molar-refractivity contribution is 0.516. The van der Waals surface area contributed by atoms with E-state index in [9.17, 15) is 17.2 Å². The fourth-order valence-electron chi connectivity index (χ4n) is 1.08. The van der Waals surface area contributed by atoms with Gasteiger partial charge >= 0.3 is 0 Å². The van der Waals surface area contributed by atoms with Gasteiger partial charge in [-0.05, 0) is 12.1 Å². The summed E-state index contributed by atoms with van der Waals surface area (Å²) in [6, 6.07) is 1.43. The molecule has 3 N–H and O–H groups in total. The second kappa shape index (κ2) is 4.99. The fourth-order valence-corrected chi connectivity index (χ4v) is 2.37. The van der Waals surface area contributed by atoms with Crippen molar-refractivity contribution in [2.24, 2.45) is 0 Å². The highest BCUT2D eigenvalue weighted by Gasteiger charge is 2.24. The molecule has 0 radical (unpaired) electrons. The number of nitrogens with two attached hydrogens (primary N) is 1. The molecule has 0 amide bonds. The molecule has 1 aromatic rings. The monoisotopic (exact) mass is 282 g/mol. The van der Waals surface area contributed by atoms with E-state index in [1.54, 1.807) is 0 Å². The van der Waals surface area contributed by atoms with Gasteiger partial charge in [0.1, 0.15) is 11.6 Å². The molecule has 4 nitrogen and oxygen atoms in total. The number of anilines is 1. The summed E-state index contributed by atoms with van der Waals surface area (Å²) in [4.78, 5) is -1.09. The van der Waals surface area contributed by atoms with Gasteiger partial charge in [-0.15, -0.1) is 0 Å². The molecule has 0 atom stereocenters. The average molecular weight is 283 g/mol. The first-order valence-corrected chi connectivity index (χ1v) is 6.17. The first-order chi connectivity index (χ1) is 7.74. The molecule has 0 spiro atoms. The second-order valence-corrected chi connectivity index (χ2v) is 5.39. The van der Waals surface area contributed by atoms with Gasteiger partial charge in [0.15, 0.2) is 4.90 Å². The number of nitrogen functional groups attached to an aromatic ring is 1. The summed E-state index contributed by atoms with van der Waals surface area (Å²) in [5, 5.41) is -0.00941. The number of hydrogen-bond donors (Lipinski definition) is 2. The lowest BCUT2D eigenvalue weighted by Crippen LogP contribution is -2.26. The van der Waals surface area contributed by atoms with Crippen LogP contribution in [-0.2, 0) is 10.0 Å². The quantitative estimate of drug-likeness (QED) is 0.824. The molecule has 0 saturated carbocycles. The largest absolute Gasteiger partial charge is 0.399 e. The minimum absolute atomic E-state index is 0.00941. The Kier molecular flexibility index (Phi) is 4.07. The molecule has 0 aliphatic heterocycles. The number of nitrogens with one attached hydrogen (secondary N) is 1. The predicted octanol–water partition coefficient (Wildman–Crippen LogP) is 1.58. The van der Waals surface area contributed by atoms with E-state index in [4.69, 9.17) is 17.3 Å². The number of rotatable bonds is 4.